The number of ether oxygens (including phenoxy) is 1. The highest BCUT2D eigenvalue weighted by atomic mass is 16.5. The number of pyridine rings is 2. The molecule has 5 aromatic carbocycles. The van der Waals surface area contributed by atoms with Gasteiger partial charge in [0.25, 0.3) is 0 Å². The summed E-state index contributed by atoms with van der Waals surface area (Å²) in [5.74, 6) is -0.339. The Morgan fingerprint density at radius 1 is 0.809 bits per heavy atom. The minimum Gasteiger partial charge on any atom is -0.507 e. The smallest absolute Gasteiger partial charge is 0.356 e. The highest BCUT2D eigenvalue weighted by molar-refractivity contribution is 6.12. The topological polar surface area (TPSA) is 89.4 Å². The number of benzene rings is 5. The van der Waals surface area contributed by atoms with Crippen LogP contribution in [0.25, 0.3) is 32.4 Å². The van der Waals surface area contributed by atoms with Gasteiger partial charge in [0.05, 0.1) is 18.8 Å². The van der Waals surface area contributed by atoms with Crippen LogP contribution in [0.2, 0.25) is 0 Å². The van der Waals surface area contributed by atoms with Crippen LogP contribution in [0.15, 0.2) is 134 Å². The second-order valence-electron chi connectivity index (χ2n) is 11.7. The lowest BCUT2D eigenvalue weighted by Crippen LogP contribution is -2.30. The normalized spacial score (nSPS) is 15.6. The number of hydrogen-bond donors (Lipinski definition) is 1. The largest absolute Gasteiger partial charge is 0.507 e. The molecule has 0 bridgehead atoms. The van der Waals surface area contributed by atoms with Crippen LogP contribution >= 0.6 is 0 Å². The second-order valence-corrected chi connectivity index (χ2v) is 11.7. The third-order valence-corrected chi connectivity index (χ3v) is 8.99. The number of phenols is 1. The van der Waals surface area contributed by atoms with Crippen molar-refractivity contribution in [1.29, 1.82) is 0 Å². The van der Waals surface area contributed by atoms with Crippen LogP contribution in [0.5, 0.6) is 5.75 Å². The van der Waals surface area contributed by atoms with Crippen LogP contribution in [0, 0.1) is 0 Å². The van der Waals surface area contributed by atoms with Crippen molar-refractivity contribution in [2.24, 2.45) is 0 Å². The van der Waals surface area contributed by atoms with Gasteiger partial charge in [-0.3, -0.25) is 9.78 Å². The molecule has 6 heteroatoms. The van der Waals surface area contributed by atoms with Crippen LogP contribution < -0.4 is 0 Å². The van der Waals surface area contributed by atoms with Crippen molar-refractivity contribution in [2.45, 2.75) is 24.7 Å². The van der Waals surface area contributed by atoms with Gasteiger partial charge >= 0.3 is 5.97 Å². The number of phenolic OH excluding ortho intramolecular Hbond substituents is 1. The number of Topliss-reactive ketones (excluding diaryl/α,β-unsaturated/α-hetero) is 1. The molecule has 8 rings (SSSR count). The van der Waals surface area contributed by atoms with E-state index in [0.717, 1.165) is 54.7 Å². The minimum absolute atomic E-state index is 0.219. The number of rotatable bonds is 4. The number of carbonyl (C=O) groups excluding carboxylic acids is 2. The molecular weight excluding hydrogens is 584 g/mol. The number of ketones is 1. The van der Waals surface area contributed by atoms with Gasteiger partial charge in [-0.05, 0) is 69.5 Å². The molecule has 2 atom stereocenters. The first-order valence-electron chi connectivity index (χ1n) is 15.6. The Kier molecular flexibility index (Phi) is 8.15. The molecule has 2 heterocycles. The average molecular weight is 617 g/mol. The molecule has 0 amide bonds. The molecule has 0 fully saturated rings. The van der Waals surface area contributed by atoms with E-state index in [1.165, 1.54) is 7.11 Å². The summed E-state index contributed by atoms with van der Waals surface area (Å²) in [4.78, 5) is 33.0. The van der Waals surface area contributed by atoms with E-state index in [1.807, 2.05) is 84.9 Å². The van der Waals surface area contributed by atoms with Gasteiger partial charge in [0.15, 0.2) is 0 Å². The van der Waals surface area contributed by atoms with Crippen molar-refractivity contribution < 1.29 is 19.4 Å². The molecule has 0 aliphatic heterocycles. The van der Waals surface area contributed by atoms with Crippen molar-refractivity contribution in [1.82, 2.24) is 9.97 Å². The van der Waals surface area contributed by atoms with Gasteiger partial charge in [0, 0.05) is 28.8 Å². The van der Waals surface area contributed by atoms with E-state index in [2.05, 4.69) is 45.0 Å². The maximum Gasteiger partial charge on any atom is 0.356 e. The number of carbonyl (C=O) groups is 2. The Morgan fingerprint density at radius 3 is 2.32 bits per heavy atom. The highest BCUT2D eigenvalue weighted by Crippen LogP contribution is 2.45. The Morgan fingerprint density at radius 2 is 1.53 bits per heavy atom. The molecule has 1 aliphatic rings. The summed E-state index contributed by atoms with van der Waals surface area (Å²) in [5, 5.41) is 16.1. The van der Waals surface area contributed by atoms with Crippen molar-refractivity contribution in [2.75, 3.05) is 7.11 Å². The summed E-state index contributed by atoms with van der Waals surface area (Å²) >= 11 is 0. The lowest BCUT2D eigenvalue weighted by Gasteiger charge is -2.32. The fourth-order valence-corrected chi connectivity index (χ4v) is 6.73. The Bertz CT molecular complexity index is 2250. The molecule has 0 saturated heterocycles. The maximum atomic E-state index is 13.9. The molecule has 7 aromatic rings. The summed E-state index contributed by atoms with van der Waals surface area (Å²) < 4.78 is 4.56. The zero-order valence-corrected chi connectivity index (χ0v) is 25.8. The lowest BCUT2D eigenvalue weighted by atomic mass is 9.70. The van der Waals surface area contributed by atoms with E-state index in [1.54, 1.807) is 18.5 Å². The summed E-state index contributed by atoms with van der Waals surface area (Å²) in [6.45, 7) is 0. The average Bonchev–Trinajstić information content (AvgIpc) is 3.13. The molecule has 2 unspecified atom stereocenters. The maximum absolute atomic E-state index is 13.9. The number of methoxy groups -OCH3 is 1. The molecule has 0 spiro atoms. The van der Waals surface area contributed by atoms with E-state index in [9.17, 15) is 14.7 Å². The van der Waals surface area contributed by atoms with E-state index >= 15 is 0 Å². The summed E-state index contributed by atoms with van der Waals surface area (Å²) in [5.41, 5.74) is 5.41. The fourth-order valence-electron chi connectivity index (χ4n) is 6.73. The van der Waals surface area contributed by atoms with E-state index in [0.29, 0.717) is 24.3 Å². The third kappa shape index (κ3) is 5.82. The van der Waals surface area contributed by atoms with Crippen LogP contribution in [0.1, 0.15) is 44.6 Å². The van der Waals surface area contributed by atoms with Crippen molar-refractivity contribution >= 4 is 44.2 Å². The SMILES string of the molecule is COC(=O)c1cc2cccnc2cn1.O=C1C(c2ccccc2)Cc2c(ccc3c2c(O)cc2ccccc23)C1Cc1ccccc1. The fraction of sp³-hybridized carbons (Fsp3) is 0.122. The van der Waals surface area contributed by atoms with Gasteiger partial charge in [0.1, 0.15) is 17.2 Å². The first-order chi connectivity index (χ1) is 23.0. The first-order valence-corrected chi connectivity index (χ1v) is 15.6. The van der Waals surface area contributed by atoms with Gasteiger partial charge in [-0.2, -0.15) is 0 Å². The van der Waals surface area contributed by atoms with E-state index in [-0.39, 0.29) is 17.6 Å². The van der Waals surface area contributed by atoms with Crippen LogP contribution in [-0.4, -0.2) is 33.9 Å². The van der Waals surface area contributed by atoms with Crippen molar-refractivity contribution in [3.05, 3.63) is 162 Å². The second kappa shape index (κ2) is 12.9. The van der Waals surface area contributed by atoms with Crippen molar-refractivity contribution in [3.63, 3.8) is 0 Å². The van der Waals surface area contributed by atoms with Gasteiger partial charge in [-0.25, -0.2) is 9.78 Å². The molecule has 1 N–H and O–H groups in total. The predicted octanol–water partition coefficient (Wildman–Crippen LogP) is 8.35. The molecule has 2 aromatic heterocycles. The standard InChI is InChI=1S/C31H24O2.C10H8N2O2/c32-29-18-22-13-7-8-14-23(22)25-16-15-24-27(30(25)29)19-26(21-11-5-2-6-12-21)31(33)28(24)17-20-9-3-1-4-10-20;1-14-10(13)8-5-7-3-2-4-11-9(7)6-12-8/h1-16,18,26,28,32H,17,19H2;2-6H,1H3. The van der Waals surface area contributed by atoms with Gasteiger partial charge < -0.3 is 9.84 Å². The van der Waals surface area contributed by atoms with Gasteiger partial charge in [-0.15, -0.1) is 0 Å². The van der Waals surface area contributed by atoms with E-state index < -0.39 is 5.97 Å². The van der Waals surface area contributed by atoms with Crippen LogP contribution in [-0.2, 0) is 22.4 Å². The Hall–Kier alpha value is -5.88. The molecule has 0 radical (unpaired) electrons. The third-order valence-electron chi connectivity index (χ3n) is 8.99. The quantitative estimate of drug-likeness (QED) is 0.158. The lowest BCUT2D eigenvalue weighted by molar-refractivity contribution is -0.122. The zero-order valence-electron chi connectivity index (χ0n) is 25.8. The number of fused-ring (bicyclic) bond motifs is 6. The monoisotopic (exact) mass is 616 g/mol. The number of hydrogen-bond acceptors (Lipinski definition) is 6. The Labute approximate surface area is 272 Å². The number of aromatic hydroxyl groups is 1. The molecule has 6 nitrogen and oxygen atoms in total. The summed E-state index contributed by atoms with van der Waals surface area (Å²) in [6, 6.07) is 39.9. The first kappa shape index (κ1) is 29.8. The minimum atomic E-state index is -0.434. The molecule has 0 saturated carbocycles. The van der Waals surface area contributed by atoms with Gasteiger partial charge in [-0.1, -0.05) is 103 Å². The highest BCUT2D eigenvalue weighted by Gasteiger charge is 2.37. The van der Waals surface area contributed by atoms with Crippen molar-refractivity contribution in [3.8, 4) is 5.75 Å². The van der Waals surface area contributed by atoms with E-state index in [4.69, 9.17) is 0 Å². The molecule has 1 aliphatic carbocycles. The van der Waals surface area contributed by atoms with Crippen LogP contribution in [0.3, 0.4) is 0 Å². The zero-order chi connectivity index (χ0) is 32.3. The molecule has 47 heavy (non-hydrogen) atoms. The summed E-state index contributed by atoms with van der Waals surface area (Å²) in [6.07, 6.45) is 4.51. The Balaban J connectivity index is 0.000000210. The van der Waals surface area contributed by atoms with Gasteiger partial charge in [0.2, 0.25) is 0 Å². The number of esters is 1. The number of aromatic nitrogens is 2. The molecule has 230 valence electrons. The van der Waals surface area contributed by atoms with Crippen LogP contribution in [0.4, 0.5) is 0 Å². The predicted molar refractivity (Wildman–Crippen MR) is 185 cm³/mol. The number of nitrogens with zero attached hydrogens (tertiary/aromatic N) is 2. The summed E-state index contributed by atoms with van der Waals surface area (Å²) in [7, 11) is 1.33. The molecular formula is C41H32N2O4.